The van der Waals surface area contributed by atoms with Crippen LogP contribution in [0.2, 0.25) is 0 Å². The molecule has 0 spiro atoms. The molecule has 2 rings (SSSR count). The van der Waals surface area contributed by atoms with Gasteiger partial charge in [0, 0.05) is 24.7 Å². The first kappa shape index (κ1) is 21.0. The van der Waals surface area contributed by atoms with E-state index in [2.05, 4.69) is 32.5 Å². The molecular formula is C19H30N6O2. The molecule has 0 radical (unpaired) electrons. The summed E-state index contributed by atoms with van der Waals surface area (Å²) in [5, 5.41) is 6.43. The molecule has 1 heterocycles. The van der Waals surface area contributed by atoms with E-state index in [4.69, 9.17) is 15.2 Å². The van der Waals surface area contributed by atoms with Gasteiger partial charge in [0.05, 0.1) is 26.4 Å². The summed E-state index contributed by atoms with van der Waals surface area (Å²) in [6, 6.07) is 8.34. The first-order valence-electron chi connectivity index (χ1n) is 9.27. The number of ether oxygens (including phenoxy) is 2. The first-order valence-corrected chi connectivity index (χ1v) is 9.27. The summed E-state index contributed by atoms with van der Waals surface area (Å²) < 4.78 is 10.8. The molecule has 0 aliphatic heterocycles. The van der Waals surface area contributed by atoms with Crippen LogP contribution in [0.25, 0.3) is 11.4 Å². The van der Waals surface area contributed by atoms with Gasteiger partial charge >= 0.3 is 0 Å². The van der Waals surface area contributed by atoms with Gasteiger partial charge in [-0.1, -0.05) is 29.8 Å². The smallest absolute Gasteiger partial charge is 0.228 e. The molecule has 148 valence electrons. The minimum Gasteiger partial charge on any atom is -0.378 e. The van der Waals surface area contributed by atoms with Gasteiger partial charge in [-0.15, -0.1) is 0 Å². The van der Waals surface area contributed by atoms with Crippen LogP contribution in [0.5, 0.6) is 0 Å². The average molecular weight is 374 g/mol. The molecule has 2 aromatic rings. The van der Waals surface area contributed by atoms with Crippen LogP contribution in [0.15, 0.2) is 24.3 Å². The van der Waals surface area contributed by atoms with Crippen molar-refractivity contribution in [2.45, 2.75) is 26.8 Å². The number of aryl methyl sites for hydroxylation is 1. The minimum absolute atomic E-state index is 0.225. The number of hydrogen-bond acceptors (Lipinski definition) is 8. The highest BCUT2D eigenvalue weighted by molar-refractivity contribution is 5.58. The fourth-order valence-corrected chi connectivity index (χ4v) is 2.25. The second kappa shape index (κ2) is 11.4. The van der Waals surface area contributed by atoms with Crippen molar-refractivity contribution in [3.8, 4) is 11.4 Å². The van der Waals surface area contributed by atoms with Crippen LogP contribution >= 0.6 is 0 Å². The van der Waals surface area contributed by atoms with Gasteiger partial charge in [-0.3, -0.25) is 0 Å². The Labute approximate surface area is 160 Å². The lowest BCUT2D eigenvalue weighted by Crippen LogP contribution is -2.18. The van der Waals surface area contributed by atoms with Crippen LogP contribution in [-0.4, -0.2) is 60.5 Å². The molecule has 8 nitrogen and oxygen atoms in total. The van der Waals surface area contributed by atoms with E-state index in [1.165, 1.54) is 5.56 Å². The molecule has 0 unspecified atom stereocenters. The Bertz CT molecular complexity index is 678. The summed E-state index contributed by atoms with van der Waals surface area (Å²) in [6.45, 7) is 9.43. The summed E-state index contributed by atoms with van der Waals surface area (Å²) in [6.07, 6.45) is 0. The van der Waals surface area contributed by atoms with E-state index in [9.17, 15) is 0 Å². The van der Waals surface area contributed by atoms with Gasteiger partial charge in [0.1, 0.15) is 0 Å². The first-order chi connectivity index (χ1) is 13.1. The highest BCUT2D eigenvalue weighted by Crippen LogP contribution is 2.18. The largest absolute Gasteiger partial charge is 0.378 e. The van der Waals surface area contributed by atoms with E-state index < -0.39 is 0 Å². The number of rotatable bonds is 12. The Morgan fingerprint density at radius 3 is 2.26 bits per heavy atom. The normalized spacial score (nSPS) is 11.0. The number of anilines is 2. The fraction of sp³-hybridized carbons (Fsp3) is 0.526. The van der Waals surface area contributed by atoms with Gasteiger partial charge in [0.15, 0.2) is 5.82 Å². The molecule has 0 atom stereocenters. The Morgan fingerprint density at radius 2 is 1.59 bits per heavy atom. The molecule has 0 saturated heterocycles. The van der Waals surface area contributed by atoms with Gasteiger partial charge in [-0.05, 0) is 20.8 Å². The number of hydrogen-bond donors (Lipinski definition) is 3. The summed E-state index contributed by atoms with van der Waals surface area (Å²) in [5.74, 6) is 1.70. The fourth-order valence-electron chi connectivity index (χ4n) is 2.25. The molecule has 0 aliphatic carbocycles. The van der Waals surface area contributed by atoms with Crippen molar-refractivity contribution >= 4 is 11.9 Å². The van der Waals surface area contributed by atoms with E-state index in [1.54, 1.807) is 0 Å². The maximum absolute atomic E-state index is 5.51. The lowest BCUT2D eigenvalue weighted by atomic mass is 10.1. The average Bonchev–Trinajstić information content (AvgIpc) is 2.64. The zero-order valence-electron chi connectivity index (χ0n) is 16.4. The molecule has 0 fully saturated rings. The third-order valence-corrected chi connectivity index (χ3v) is 3.53. The van der Waals surface area contributed by atoms with Crippen molar-refractivity contribution in [3.63, 3.8) is 0 Å². The number of benzene rings is 1. The highest BCUT2D eigenvalue weighted by atomic mass is 16.5. The molecule has 27 heavy (non-hydrogen) atoms. The minimum atomic E-state index is 0.225. The second-order valence-corrected chi connectivity index (χ2v) is 6.41. The molecule has 4 N–H and O–H groups in total. The van der Waals surface area contributed by atoms with E-state index >= 15 is 0 Å². The van der Waals surface area contributed by atoms with Crippen LogP contribution < -0.4 is 16.4 Å². The maximum atomic E-state index is 5.51. The Morgan fingerprint density at radius 1 is 0.926 bits per heavy atom. The Kier molecular flexibility index (Phi) is 8.90. The van der Waals surface area contributed by atoms with Crippen molar-refractivity contribution in [3.05, 3.63) is 29.8 Å². The Hall–Kier alpha value is -2.29. The van der Waals surface area contributed by atoms with Gasteiger partial charge < -0.3 is 25.8 Å². The van der Waals surface area contributed by atoms with Crippen LogP contribution in [0, 0.1) is 6.92 Å². The third kappa shape index (κ3) is 7.86. The lowest BCUT2D eigenvalue weighted by molar-refractivity contribution is 0.0547. The zero-order valence-corrected chi connectivity index (χ0v) is 16.4. The van der Waals surface area contributed by atoms with Crippen molar-refractivity contribution in [1.29, 1.82) is 0 Å². The lowest BCUT2D eigenvalue weighted by Gasteiger charge is -2.12. The van der Waals surface area contributed by atoms with Gasteiger partial charge in [0.25, 0.3) is 0 Å². The molecular weight excluding hydrogens is 344 g/mol. The van der Waals surface area contributed by atoms with Crippen LogP contribution in [0.3, 0.4) is 0 Å². The molecule has 0 amide bonds. The summed E-state index contributed by atoms with van der Waals surface area (Å²) in [7, 11) is 0. The molecule has 0 bridgehead atoms. The van der Waals surface area contributed by atoms with Crippen molar-refractivity contribution < 1.29 is 9.47 Å². The topological polar surface area (TPSA) is 107 Å². The van der Waals surface area contributed by atoms with E-state index in [0.29, 0.717) is 57.2 Å². The molecule has 8 heteroatoms. The highest BCUT2D eigenvalue weighted by Gasteiger charge is 2.09. The van der Waals surface area contributed by atoms with Crippen molar-refractivity contribution in [2.24, 2.45) is 5.73 Å². The van der Waals surface area contributed by atoms with Crippen molar-refractivity contribution in [1.82, 2.24) is 15.0 Å². The van der Waals surface area contributed by atoms with Crippen molar-refractivity contribution in [2.75, 3.05) is 50.2 Å². The Balaban J connectivity index is 1.96. The molecule has 1 aromatic carbocycles. The maximum Gasteiger partial charge on any atom is 0.228 e. The summed E-state index contributed by atoms with van der Waals surface area (Å²) >= 11 is 0. The van der Waals surface area contributed by atoms with Crippen LogP contribution in [0.1, 0.15) is 19.4 Å². The molecule has 1 aromatic heterocycles. The number of nitrogens with one attached hydrogen (secondary N) is 2. The zero-order chi connectivity index (χ0) is 19.5. The third-order valence-electron chi connectivity index (χ3n) is 3.53. The second-order valence-electron chi connectivity index (χ2n) is 6.41. The van der Waals surface area contributed by atoms with Gasteiger partial charge in [-0.2, -0.15) is 15.0 Å². The van der Waals surface area contributed by atoms with E-state index in [0.717, 1.165) is 5.56 Å². The predicted molar refractivity (Wildman–Crippen MR) is 108 cm³/mol. The SMILES string of the molecule is Cc1ccc(-c2nc(NCCOCCOCCN)nc(NC(C)C)n2)cc1. The van der Waals surface area contributed by atoms with E-state index in [-0.39, 0.29) is 6.04 Å². The van der Waals surface area contributed by atoms with Crippen LogP contribution in [-0.2, 0) is 9.47 Å². The monoisotopic (exact) mass is 374 g/mol. The standard InChI is InChI=1S/C19H30N6O2/c1-14(2)22-19-24-17(16-6-4-15(3)5-7-16)23-18(25-19)21-9-11-27-13-12-26-10-8-20/h4-7,14H,8-13,20H2,1-3H3,(H2,21,22,23,24,25). The molecule has 0 saturated carbocycles. The number of nitrogens with zero attached hydrogens (tertiary/aromatic N) is 3. The predicted octanol–water partition coefficient (Wildman–Crippen LogP) is 2.07. The molecule has 0 aliphatic rings. The van der Waals surface area contributed by atoms with Gasteiger partial charge in [-0.25, -0.2) is 0 Å². The van der Waals surface area contributed by atoms with E-state index in [1.807, 2.05) is 38.1 Å². The van der Waals surface area contributed by atoms with Crippen LogP contribution in [0.4, 0.5) is 11.9 Å². The number of aromatic nitrogens is 3. The summed E-state index contributed by atoms with van der Waals surface area (Å²) in [4.78, 5) is 13.5. The quantitative estimate of drug-likeness (QED) is 0.485. The van der Waals surface area contributed by atoms with Gasteiger partial charge in [0.2, 0.25) is 11.9 Å². The number of nitrogens with two attached hydrogens (primary N) is 1. The summed E-state index contributed by atoms with van der Waals surface area (Å²) in [5.41, 5.74) is 7.50.